The zero-order chi connectivity index (χ0) is 17.6. The maximum absolute atomic E-state index is 10.8. The highest BCUT2D eigenvalue weighted by atomic mass is 35.5. The van der Waals surface area contributed by atoms with Crippen molar-refractivity contribution in [3.05, 3.63) is 11.3 Å². The average Bonchev–Trinajstić information content (AvgIpc) is 3.36. The molecule has 2 aliphatic carbocycles. The first kappa shape index (κ1) is 18.2. The summed E-state index contributed by atoms with van der Waals surface area (Å²) in [4.78, 5) is 18.9. The predicted octanol–water partition coefficient (Wildman–Crippen LogP) is 2.23. The van der Waals surface area contributed by atoms with Gasteiger partial charge in [0.1, 0.15) is 6.33 Å². The molecule has 0 radical (unpaired) electrons. The first-order valence-corrected chi connectivity index (χ1v) is 9.11. The SMILES string of the molecule is CC(=O)NCCOC1CC(COc2ncnc(OCC3CC3)c2Cl)C1. The third-order valence-electron chi connectivity index (χ3n) is 4.36. The lowest BCUT2D eigenvalue weighted by Gasteiger charge is -2.34. The molecule has 1 heterocycles. The lowest BCUT2D eigenvalue weighted by Crippen LogP contribution is -2.37. The summed E-state index contributed by atoms with van der Waals surface area (Å²) in [6, 6.07) is 0. The van der Waals surface area contributed by atoms with Crippen LogP contribution in [0.2, 0.25) is 5.02 Å². The molecule has 3 rings (SSSR count). The van der Waals surface area contributed by atoms with Gasteiger partial charge in [-0.15, -0.1) is 0 Å². The second kappa shape index (κ2) is 8.67. The Kier molecular flexibility index (Phi) is 6.31. The van der Waals surface area contributed by atoms with E-state index in [1.165, 1.54) is 26.1 Å². The van der Waals surface area contributed by atoms with Crippen LogP contribution in [0, 0.1) is 11.8 Å². The summed E-state index contributed by atoms with van der Waals surface area (Å²) < 4.78 is 17.0. The molecule has 0 aliphatic heterocycles. The molecule has 0 spiro atoms. The Hall–Kier alpha value is -1.60. The summed E-state index contributed by atoms with van der Waals surface area (Å²) in [5.41, 5.74) is 0. The first-order valence-electron chi connectivity index (χ1n) is 8.74. The predicted molar refractivity (Wildman–Crippen MR) is 91.9 cm³/mol. The molecule has 0 bridgehead atoms. The molecular weight excluding hydrogens is 346 g/mol. The summed E-state index contributed by atoms with van der Waals surface area (Å²) in [5, 5.41) is 3.05. The van der Waals surface area contributed by atoms with Gasteiger partial charge in [-0.2, -0.15) is 0 Å². The molecule has 2 saturated carbocycles. The van der Waals surface area contributed by atoms with Gasteiger partial charge in [0.2, 0.25) is 17.7 Å². The van der Waals surface area contributed by atoms with Crippen LogP contribution >= 0.6 is 11.6 Å². The molecule has 0 aromatic carbocycles. The average molecular weight is 370 g/mol. The minimum Gasteiger partial charge on any atom is -0.476 e. The zero-order valence-corrected chi connectivity index (χ0v) is 15.1. The Morgan fingerprint density at radius 2 is 1.84 bits per heavy atom. The molecule has 1 N–H and O–H groups in total. The van der Waals surface area contributed by atoms with E-state index in [1.807, 2.05) is 0 Å². The number of halogens is 1. The second-order valence-electron chi connectivity index (χ2n) is 6.68. The highest BCUT2D eigenvalue weighted by Crippen LogP contribution is 2.35. The number of hydrogen-bond acceptors (Lipinski definition) is 6. The second-order valence-corrected chi connectivity index (χ2v) is 7.05. The molecule has 0 saturated heterocycles. The number of nitrogens with one attached hydrogen (secondary N) is 1. The van der Waals surface area contributed by atoms with E-state index in [0.717, 1.165) is 12.8 Å². The van der Waals surface area contributed by atoms with Gasteiger partial charge in [-0.3, -0.25) is 4.79 Å². The van der Waals surface area contributed by atoms with Gasteiger partial charge < -0.3 is 19.5 Å². The number of carbonyl (C=O) groups excluding carboxylic acids is 1. The fourth-order valence-corrected chi connectivity index (χ4v) is 2.82. The van der Waals surface area contributed by atoms with Crippen molar-refractivity contribution >= 4 is 17.5 Å². The van der Waals surface area contributed by atoms with E-state index in [-0.39, 0.29) is 12.0 Å². The van der Waals surface area contributed by atoms with Crippen molar-refractivity contribution < 1.29 is 19.0 Å². The Morgan fingerprint density at radius 3 is 2.44 bits per heavy atom. The van der Waals surface area contributed by atoms with Crippen LogP contribution < -0.4 is 14.8 Å². The Balaban J connectivity index is 1.34. The largest absolute Gasteiger partial charge is 0.476 e. The van der Waals surface area contributed by atoms with Gasteiger partial charge in [0, 0.05) is 13.5 Å². The number of amides is 1. The van der Waals surface area contributed by atoms with Crippen LogP contribution in [-0.4, -0.2) is 48.3 Å². The molecular formula is C17H24ClN3O4. The maximum Gasteiger partial charge on any atom is 0.239 e. The fourth-order valence-electron chi connectivity index (χ4n) is 2.62. The molecule has 25 heavy (non-hydrogen) atoms. The van der Waals surface area contributed by atoms with Crippen LogP contribution in [-0.2, 0) is 9.53 Å². The summed E-state index contributed by atoms with van der Waals surface area (Å²) in [7, 11) is 0. The molecule has 1 amide bonds. The van der Waals surface area contributed by atoms with Gasteiger partial charge in [0.15, 0.2) is 5.02 Å². The monoisotopic (exact) mass is 369 g/mol. The molecule has 8 heteroatoms. The topological polar surface area (TPSA) is 82.6 Å². The van der Waals surface area contributed by atoms with Gasteiger partial charge >= 0.3 is 0 Å². The van der Waals surface area contributed by atoms with Crippen LogP contribution in [0.3, 0.4) is 0 Å². The molecule has 2 fully saturated rings. The summed E-state index contributed by atoms with van der Waals surface area (Å²) in [6.07, 6.45) is 5.95. The summed E-state index contributed by atoms with van der Waals surface area (Å²) >= 11 is 6.26. The van der Waals surface area contributed by atoms with Crippen molar-refractivity contribution in [3.8, 4) is 11.8 Å². The Morgan fingerprint density at radius 1 is 1.20 bits per heavy atom. The van der Waals surface area contributed by atoms with E-state index < -0.39 is 0 Å². The first-order chi connectivity index (χ1) is 12.1. The van der Waals surface area contributed by atoms with E-state index in [2.05, 4.69) is 15.3 Å². The van der Waals surface area contributed by atoms with Gasteiger partial charge in [-0.25, -0.2) is 9.97 Å². The standard InChI is InChI=1S/C17H24ClN3O4/c1-11(22)19-4-5-23-14-6-13(7-14)9-25-17-15(18)16(20-10-21-17)24-8-12-2-3-12/h10,12-14H,2-9H2,1H3,(H,19,22). The van der Waals surface area contributed by atoms with E-state index in [1.54, 1.807) is 0 Å². The summed E-state index contributed by atoms with van der Waals surface area (Å²) in [5.74, 6) is 1.79. The number of aromatic nitrogens is 2. The lowest BCUT2D eigenvalue weighted by molar-refractivity contribution is -0.119. The molecule has 1 aromatic rings. The van der Waals surface area contributed by atoms with Crippen molar-refractivity contribution in [3.63, 3.8) is 0 Å². The number of ether oxygens (including phenoxy) is 3. The van der Waals surface area contributed by atoms with Gasteiger partial charge in [0.05, 0.1) is 25.9 Å². The van der Waals surface area contributed by atoms with Crippen molar-refractivity contribution in [1.29, 1.82) is 0 Å². The van der Waals surface area contributed by atoms with Crippen LogP contribution in [0.25, 0.3) is 0 Å². The molecule has 1 aromatic heterocycles. The Bertz CT molecular complexity index is 591. The molecule has 138 valence electrons. The van der Waals surface area contributed by atoms with E-state index >= 15 is 0 Å². The normalized spacial score (nSPS) is 22.2. The van der Waals surface area contributed by atoms with Crippen LogP contribution in [0.5, 0.6) is 11.8 Å². The maximum atomic E-state index is 10.8. The fraction of sp³-hybridized carbons (Fsp3) is 0.706. The number of hydrogen-bond donors (Lipinski definition) is 1. The minimum atomic E-state index is -0.0364. The Labute approximate surface area is 152 Å². The highest BCUT2D eigenvalue weighted by molar-refractivity contribution is 6.33. The van der Waals surface area contributed by atoms with Crippen LogP contribution in [0.1, 0.15) is 32.6 Å². The molecule has 2 aliphatic rings. The lowest BCUT2D eigenvalue weighted by atomic mass is 9.83. The number of nitrogens with zero attached hydrogens (tertiary/aromatic N) is 2. The van der Waals surface area contributed by atoms with E-state index in [0.29, 0.717) is 55.0 Å². The third kappa shape index (κ3) is 5.71. The quantitative estimate of drug-likeness (QED) is 0.637. The zero-order valence-electron chi connectivity index (χ0n) is 14.4. The highest BCUT2D eigenvalue weighted by Gasteiger charge is 2.31. The van der Waals surface area contributed by atoms with Crippen molar-refractivity contribution in [2.45, 2.75) is 38.7 Å². The smallest absolute Gasteiger partial charge is 0.239 e. The van der Waals surface area contributed by atoms with Crippen molar-refractivity contribution in [2.24, 2.45) is 11.8 Å². The van der Waals surface area contributed by atoms with E-state index in [4.69, 9.17) is 25.8 Å². The molecule has 7 nitrogen and oxygen atoms in total. The van der Waals surface area contributed by atoms with Gasteiger partial charge in [-0.1, -0.05) is 11.6 Å². The van der Waals surface area contributed by atoms with Crippen molar-refractivity contribution in [2.75, 3.05) is 26.4 Å². The van der Waals surface area contributed by atoms with E-state index in [9.17, 15) is 4.79 Å². The minimum absolute atomic E-state index is 0.0364. The van der Waals surface area contributed by atoms with Crippen molar-refractivity contribution in [1.82, 2.24) is 15.3 Å². The van der Waals surface area contributed by atoms with Crippen LogP contribution in [0.4, 0.5) is 0 Å². The van der Waals surface area contributed by atoms with Crippen LogP contribution in [0.15, 0.2) is 6.33 Å². The van der Waals surface area contributed by atoms with Gasteiger partial charge in [0.25, 0.3) is 0 Å². The molecule has 0 atom stereocenters. The third-order valence-corrected chi connectivity index (χ3v) is 4.68. The van der Waals surface area contributed by atoms with Gasteiger partial charge in [-0.05, 0) is 37.5 Å². The number of rotatable bonds is 10. The summed E-state index contributed by atoms with van der Waals surface area (Å²) in [6.45, 7) is 3.78. The number of carbonyl (C=O) groups is 1. The molecule has 0 unspecified atom stereocenters.